The van der Waals surface area contributed by atoms with E-state index in [2.05, 4.69) is 0 Å². The first-order valence-electron chi connectivity index (χ1n) is 12.4. The maximum absolute atomic E-state index is 13.9. The van der Waals surface area contributed by atoms with Crippen LogP contribution in [0.3, 0.4) is 0 Å². The first-order valence-corrected chi connectivity index (χ1v) is 15.7. The molecule has 10 nitrogen and oxygen atoms in total. The molecule has 0 radical (unpaired) electrons. The number of nitrogens with zero attached hydrogens (tertiary/aromatic N) is 3. The van der Waals surface area contributed by atoms with Crippen LogP contribution in [0.4, 0.5) is 10.1 Å². The molecule has 0 aliphatic carbocycles. The quantitative estimate of drug-likeness (QED) is 0.357. The maximum atomic E-state index is 13.9. The number of anilines is 1. The smallest absolute Gasteiger partial charge is 0.264 e. The van der Waals surface area contributed by atoms with Crippen LogP contribution in [0.2, 0.25) is 5.02 Å². The predicted molar refractivity (Wildman–Crippen MR) is 152 cm³/mol. The normalized spacial score (nSPS) is 14.5. The van der Waals surface area contributed by atoms with E-state index in [4.69, 9.17) is 21.1 Å². The molecule has 0 aromatic heterocycles. The third-order valence-electron chi connectivity index (χ3n) is 6.66. The molecule has 1 saturated heterocycles. The minimum Gasteiger partial charge on any atom is -0.493 e. The molecule has 14 heteroatoms. The van der Waals surface area contributed by atoms with Gasteiger partial charge in [-0.2, -0.15) is 4.31 Å². The number of carbonyl (C=O) groups is 1. The van der Waals surface area contributed by atoms with Gasteiger partial charge in [0.1, 0.15) is 12.4 Å². The molecule has 1 fully saturated rings. The molecule has 0 atom stereocenters. The van der Waals surface area contributed by atoms with E-state index in [0.717, 1.165) is 22.0 Å². The number of aryl methyl sites for hydroxylation is 1. The highest BCUT2D eigenvalue weighted by molar-refractivity contribution is 7.92. The van der Waals surface area contributed by atoms with E-state index in [1.165, 1.54) is 59.8 Å². The van der Waals surface area contributed by atoms with Gasteiger partial charge in [0.15, 0.2) is 11.5 Å². The van der Waals surface area contributed by atoms with Crippen molar-refractivity contribution in [3.05, 3.63) is 77.1 Å². The van der Waals surface area contributed by atoms with Crippen LogP contribution >= 0.6 is 11.6 Å². The van der Waals surface area contributed by atoms with Gasteiger partial charge in [0.25, 0.3) is 10.0 Å². The van der Waals surface area contributed by atoms with Crippen molar-refractivity contribution in [2.75, 3.05) is 51.2 Å². The Labute approximate surface area is 243 Å². The summed E-state index contributed by atoms with van der Waals surface area (Å²) < 4.78 is 80.2. The van der Waals surface area contributed by atoms with Crippen LogP contribution in [0.1, 0.15) is 5.56 Å². The molecule has 1 aliphatic heterocycles. The van der Waals surface area contributed by atoms with Gasteiger partial charge in [-0.25, -0.2) is 21.2 Å². The molecule has 41 heavy (non-hydrogen) atoms. The lowest BCUT2D eigenvalue weighted by molar-refractivity contribution is -0.130. The molecule has 0 spiro atoms. The Morgan fingerprint density at radius 2 is 1.49 bits per heavy atom. The third-order valence-corrected chi connectivity index (χ3v) is 10.6. The van der Waals surface area contributed by atoms with E-state index in [1.807, 2.05) is 6.92 Å². The number of benzene rings is 3. The minimum atomic E-state index is -4.39. The van der Waals surface area contributed by atoms with Gasteiger partial charge in [0.2, 0.25) is 15.9 Å². The zero-order valence-electron chi connectivity index (χ0n) is 22.6. The predicted octanol–water partition coefficient (Wildman–Crippen LogP) is 3.53. The number of hydrogen-bond acceptors (Lipinski definition) is 7. The summed E-state index contributed by atoms with van der Waals surface area (Å²) in [6, 6.07) is 13.8. The summed E-state index contributed by atoms with van der Waals surface area (Å²) in [4.78, 5) is 14.8. The molecular formula is C27H29ClFN3O7S2. The zero-order chi connectivity index (χ0) is 29.9. The monoisotopic (exact) mass is 625 g/mol. The average molecular weight is 626 g/mol. The van der Waals surface area contributed by atoms with E-state index in [-0.39, 0.29) is 52.4 Å². The first kappa shape index (κ1) is 30.6. The summed E-state index contributed by atoms with van der Waals surface area (Å²) >= 11 is 5.95. The summed E-state index contributed by atoms with van der Waals surface area (Å²) in [5.74, 6) is -0.863. The van der Waals surface area contributed by atoms with Gasteiger partial charge in [0, 0.05) is 32.2 Å². The van der Waals surface area contributed by atoms with Crippen LogP contribution < -0.4 is 13.8 Å². The molecule has 4 rings (SSSR count). The summed E-state index contributed by atoms with van der Waals surface area (Å²) in [6.07, 6.45) is 0. The highest BCUT2D eigenvalue weighted by Gasteiger charge is 2.34. The van der Waals surface area contributed by atoms with Crippen LogP contribution in [0.5, 0.6) is 11.5 Å². The van der Waals surface area contributed by atoms with Crippen LogP contribution in [-0.2, 0) is 24.8 Å². The number of hydrogen-bond donors (Lipinski definition) is 0. The van der Waals surface area contributed by atoms with E-state index >= 15 is 0 Å². The number of rotatable bonds is 9. The molecule has 1 aliphatic rings. The molecule has 0 unspecified atom stereocenters. The Morgan fingerprint density at radius 3 is 2.07 bits per heavy atom. The van der Waals surface area contributed by atoms with Gasteiger partial charge in [-0.3, -0.25) is 9.10 Å². The van der Waals surface area contributed by atoms with Gasteiger partial charge in [0.05, 0.1) is 34.7 Å². The Bertz CT molecular complexity index is 1640. The average Bonchev–Trinajstić information content (AvgIpc) is 2.97. The minimum absolute atomic E-state index is 0.0277. The Morgan fingerprint density at radius 1 is 0.878 bits per heavy atom. The highest BCUT2D eigenvalue weighted by atomic mass is 35.5. The van der Waals surface area contributed by atoms with Crippen molar-refractivity contribution in [2.24, 2.45) is 0 Å². The molecule has 1 heterocycles. The van der Waals surface area contributed by atoms with Gasteiger partial charge >= 0.3 is 0 Å². The number of methoxy groups -OCH3 is 2. The second kappa shape index (κ2) is 12.2. The second-order valence-corrected chi connectivity index (χ2v) is 13.4. The first-order chi connectivity index (χ1) is 19.4. The van der Waals surface area contributed by atoms with Gasteiger partial charge in [-0.05, 0) is 49.4 Å². The van der Waals surface area contributed by atoms with Crippen LogP contribution in [0, 0.1) is 12.7 Å². The van der Waals surface area contributed by atoms with Gasteiger partial charge in [-0.15, -0.1) is 0 Å². The molecule has 0 N–H and O–H groups in total. The molecule has 0 bridgehead atoms. The molecule has 3 aromatic rings. The van der Waals surface area contributed by atoms with Gasteiger partial charge in [-0.1, -0.05) is 29.3 Å². The van der Waals surface area contributed by atoms with E-state index in [1.54, 1.807) is 12.1 Å². The largest absolute Gasteiger partial charge is 0.493 e. The lowest BCUT2D eigenvalue weighted by atomic mass is 10.2. The highest BCUT2D eigenvalue weighted by Crippen LogP contribution is 2.33. The maximum Gasteiger partial charge on any atom is 0.264 e. The van der Waals surface area contributed by atoms with Crippen molar-refractivity contribution >= 4 is 43.2 Å². The fourth-order valence-electron chi connectivity index (χ4n) is 4.32. The number of sulfonamides is 2. The van der Waals surface area contributed by atoms with E-state index in [9.17, 15) is 26.0 Å². The van der Waals surface area contributed by atoms with Crippen molar-refractivity contribution < 1.29 is 35.5 Å². The topological polar surface area (TPSA) is 114 Å². The number of ether oxygens (including phenoxy) is 2. The van der Waals surface area contributed by atoms with Crippen molar-refractivity contribution in [2.45, 2.75) is 16.7 Å². The second-order valence-electron chi connectivity index (χ2n) is 9.22. The number of carbonyl (C=O) groups excluding carboxylic acids is 1. The van der Waals surface area contributed by atoms with Gasteiger partial charge < -0.3 is 14.4 Å². The van der Waals surface area contributed by atoms with Crippen LogP contribution in [0.15, 0.2) is 70.5 Å². The Hall–Kier alpha value is -3.39. The number of amides is 1. The molecule has 3 aromatic carbocycles. The summed E-state index contributed by atoms with van der Waals surface area (Å²) in [5, 5.41) is -0.322. The SMILES string of the molecule is COc1ccc(S(=O)(=O)N(CC(=O)N2CCN(S(=O)(=O)c3ccc(C)cc3)CC2)c2ccc(F)c(Cl)c2)cc1OC. The van der Waals surface area contributed by atoms with Crippen molar-refractivity contribution in [3.63, 3.8) is 0 Å². The summed E-state index contributed by atoms with van der Waals surface area (Å²) in [7, 11) is -5.38. The Kier molecular flexibility index (Phi) is 9.12. The third kappa shape index (κ3) is 6.43. The van der Waals surface area contributed by atoms with Crippen molar-refractivity contribution in [1.29, 1.82) is 0 Å². The van der Waals surface area contributed by atoms with Crippen molar-refractivity contribution in [1.82, 2.24) is 9.21 Å². The molecule has 0 saturated carbocycles. The van der Waals surface area contributed by atoms with Crippen LogP contribution in [-0.4, -0.2) is 78.9 Å². The van der Waals surface area contributed by atoms with E-state index < -0.39 is 38.3 Å². The fraction of sp³-hybridized carbons (Fsp3) is 0.296. The lowest BCUT2D eigenvalue weighted by Crippen LogP contribution is -2.53. The van der Waals surface area contributed by atoms with Crippen molar-refractivity contribution in [3.8, 4) is 11.5 Å². The molecule has 1 amide bonds. The zero-order valence-corrected chi connectivity index (χ0v) is 25.0. The number of piperazine rings is 1. The Balaban J connectivity index is 1.58. The lowest BCUT2D eigenvalue weighted by Gasteiger charge is -2.35. The van der Waals surface area contributed by atoms with E-state index in [0.29, 0.717) is 5.75 Å². The number of halogens is 2. The molecule has 220 valence electrons. The standard InChI is InChI=1S/C27H29ClFN3O7S2/c1-19-4-7-21(8-5-19)40(34,35)31-14-12-30(13-15-31)27(33)18-32(20-6-10-24(29)23(28)16-20)41(36,37)22-9-11-25(38-2)26(17-22)39-3/h4-11,16-17H,12-15,18H2,1-3H3. The fourth-order valence-corrected chi connectivity index (χ4v) is 7.34. The molecular weight excluding hydrogens is 597 g/mol. The summed E-state index contributed by atoms with van der Waals surface area (Å²) in [6.45, 7) is 1.40. The summed E-state index contributed by atoms with van der Waals surface area (Å²) in [5.41, 5.74) is 0.898. The van der Waals surface area contributed by atoms with Crippen LogP contribution in [0.25, 0.3) is 0 Å².